The van der Waals surface area contributed by atoms with Crippen molar-refractivity contribution in [3.8, 4) is 0 Å². The van der Waals surface area contributed by atoms with Gasteiger partial charge in [-0.15, -0.1) is 0 Å². The van der Waals surface area contributed by atoms with E-state index in [4.69, 9.17) is 0 Å². The molecule has 0 aromatic heterocycles. The van der Waals surface area contributed by atoms with E-state index < -0.39 is 41.7 Å². The van der Waals surface area contributed by atoms with Crippen LogP contribution in [0.4, 0.5) is 26.3 Å². The molecule has 1 aromatic carbocycles. The van der Waals surface area contributed by atoms with E-state index in [0.717, 1.165) is 0 Å². The summed E-state index contributed by atoms with van der Waals surface area (Å²) in [4.78, 5) is 0. The van der Waals surface area contributed by atoms with Gasteiger partial charge in [0.15, 0.2) is 17.5 Å². The molecule has 0 N–H and O–H groups in total. The summed E-state index contributed by atoms with van der Waals surface area (Å²) in [5.74, 6) is -7.43. The molecule has 1 rings (SSSR count). The molecule has 14 heavy (non-hydrogen) atoms. The lowest BCUT2D eigenvalue weighted by molar-refractivity contribution is 0.145. The third kappa shape index (κ3) is 2.00. The van der Waals surface area contributed by atoms with Gasteiger partial charge in [-0.05, 0) is 0 Å². The van der Waals surface area contributed by atoms with Gasteiger partial charge in [-0.3, -0.25) is 0 Å². The van der Waals surface area contributed by atoms with Gasteiger partial charge in [0.25, 0.3) is 0 Å². The van der Waals surface area contributed by atoms with Crippen LogP contribution in [-0.4, -0.2) is 6.43 Å². The zero-order chi connectivity index (χ0) is 10.9. The minimum Gasteiger partial charge on any atom is -0.210 e. The maximum atomic E-state index is 12.7. The molecule has 77 valence electrons. The molecule has 0 aliphatic rings. The van der Waals surface area contributed by atoms with Gasteiger partial charge < -0.3 is 0 Å². The molecular weight excluding hydrogens is 210 g/mol. The molecule has 0 unspecified atom stereocenters. The summed E-state index contributed by atoms with van der Waals surface area (Å²) in [6.45, 7) is 0. The summed E-state index contributed by atoms with van der Waals surface area (Å²) in [5, 5.41) is 0. The molecule has 0 bridgehead atoms. The van der Waals surface area contributed by atoms with Gasteiger partial charge in [0.2, 0.25) is 6.43 Å². The SMILES string of the molecule is Fc1[c]c(F)c(CC(F)F)c(F)c1F. The highest BCUT2D eigenvalue weighted by molar-refractivity contribution is 5.21. The molecule has 0 saturated carbocycles. The minimum atomic E-state index is -3.04. The maximum absolute atomic E-state index is 12.7. The average Bonchev–Trinajstić information content (AvgIpc) is 2.09. The van der Waals surface area contributed by atoms with Crippen LogP contribution in [0.2, 0.25) is 0 Å². The Morgan fingerprint density at radius 2 is 1.50 bits per heavy atom. The fraction of sp³-hybridized carbons (Fsp3) is 0.250. The van der Waals surface area contributed by atoms with Crippen LogP contribution in [0.1, 0.15) is 5.56 Å². The molecular formula is C8H3F6. The number of rotatable bonds is 2. The first-order chi connectivity index (χ1) is 6.43. The normalized spacial score (nSPS) is 11.1. The second kappa shape index (κ2) is 3.89. The van der Waals surface area contributed by atoms with Crippen LogP contribution < -0.4 is 0 Å². The lowest BCUT2D eigenvalue weighted by Gasteiger charge is -2.04. The summed E-state index contributed by atoms with van der Waals surface area (Å²) in [6.07, 6.45) is -4.36. The van der Waals surface area contributed by atoms with Crippen molar-refractivity contribution in [3.63, 3.8) is 0 Å². The predicted octanol–water partition coefficient (Wildman–Crippen LogP) is 2.85. The Balaban J connectivity index is 3.22. The molecule has 0 fully saturated rings. The highest BCUT2D eigenvalue weighted by atomic mass is 19.3. The monoisotopic (exact) mass is 213 g/mol. The number of hydrogen-bond donors (Lipinski definition) is 0. The molecule has 0 aliphatic carbocycles. The van der Waals surface area contributed by atoms with Gasteiger partial charge in [0, 0.05) is 12.0 Å². The van der Waals surface area contributed by atoms with Gasteiger partial charge in [0.05, 0.1) is 6.07 Å². The summed E-state index contributed by atoms with van der Waals surface area (Å²) in [6, 6.07) is 1.17. The van der Waals surface area contributed by atoms with Gasteiger partial charge in [-0.25, -0.2) is 26.3 Å². The molecule has 0 spiro atoms. The number of hydrogen-bond acceptors (Lipinski definition) is 0. The van der Waals surface area contributed by atoms with E-state index >= 15 is 0 Å². The van der Waals surface area contributed by atoms with Gasteiger partial charge in [-0.2, -0.15) is 0 Å². The highest BCUT2D eigenvalue weighted by Crippen LogP contribution is 2.20. The van der Waals surface area contributed by atoms with Crippen molar-refractivity contribution in [1.29, 1.82) is 0 Å². The van der Waals surface area contributed by atoms with Gasteiger partial charge in [0.1, 0.15) is 5.82 Å². The van der Waals surface area contributed by atoms with Gasteiger partial charge in [-0.1, -0.05) is 0 Å². The van der Waals surface area contributed by atoms with E-state index in [1.54, 1.807) is 0 Å². The van der Waals surface area contributed by atoms with Crippen molar-refractivity contribution in [2.45, 2.75) is 12.8 Å². The molecule has 0 nitrogen and oxygen atoms in total. The van der Waals surface area contributed by atoms with Crippen molar-refractivity contribution in [1.82, 2.24) is 0 Å². The third-order valence-electron chi connectivity index (χ3n) is 1.49. The Morgan fingerprint density at radius 1 is 0.929 bits per heavy atom. The lowest BCUT2D eigenvalue weighted by Crippen LogP contribution is -2.07. The van der Waals surface area contributed by atoms with Crippen LogP contribution in [0.5, 0.6) is 0 Å². The Hall–Kier alpha value is -1.20. The van der Waals surface area contributed by atoms with E-state index in [1.165, 1.54) is 6.07 Å². The Morgan fingerprint density at radius 3 is 2.00 bits per heavy atom. The molecule has 6 heteroatoms. The summed E-state index contributed by atoms with van der Waals surface area (Å²) in [7, 11) is 0. The second-order valence-electron chi connectivity index (χ2n) is 2.45. The first-order valence-electron chi connectivity index (χ1n) is 3.45. The highest BCUT2D eigenvalue weighted by Gasteiger charge is 2.21. The zero-order valence-electron chi connectivity index (χ0n) is 6.55. The first-order valence-corrected chi connectivity index (χ1v) is 3.45. The van der Waals surface area contributed by atoms with Crippen molar-refractivity contribution < 1.29 is 26.3 Å². The summed E-state index contributed by atoms with van der Waals surface area (Å²) in [5.41, 5.74) is -1.20. The van der Waals surface area contributed by atoms with Crippen molar-refractivity contribution in [2.75, 3.05) is 0 Å². The topological polar surface area (TPSA) is 0 Å². The molecule has 1 aromatic rings. The fourth-order valence-electron chi connectivity index (χ4n) is 0.885. The maximum Gasteiger partial charge on any atom is 0.242 e. The van der Waals surface area contributed by atoms with Crippen LogP contribution >= 0.6 is 0 Å². The van der Waals surface area contributed by atoms with E-state index in [9.17, 15) is 26.3 Å². The van der Waals surface area contributed by atoms with Crippen molar-refractivity contribution in [2.24, 2.45) is 0 Å². The van der Waals surface area contributed by atoms with Crippen LogP contribution in [0.3, 0.4) is 0 Å². The van der Waals surface area contributed by atoms with E-state index in [0.29, 0.717) is 0 Å². The standard InChI is InChI=1S/C8H3F6/c9-4-2-5(10)8(14)7(13)3(4)1-6(11)12/h6H,1H2. The quantitative estimate of drug-likeness (QED) is 0.402. The van der Waals surface area contributed by atoms with Crippen molar-refractivity contribution in [3.05, 3.63) is 34.9 Å². The predicted molar refractivity (Wildman–Crippen MR) is 34.8 cm³/mol. The van der Waals surface area contributed by atoms with E-state index in [2.05, 4.69) is 0 Å². The molecule has 0 saturated heterocycles. The van der Waals surface area contributed by atoms with E-state index in [1.807, 2.05) is 0 Å². The average molecular weight is 213 g/mol. The van der Waals surface area contributed by atoms with Crippen LogP contribution in [0.15, 0.2) is 0 Å². The fourth-order valence-corrected chi connectivity index (χ4v) is 0.885. The molecule has 0 atom stereocenters. The second-order valence-corrected chi connectivity index (χ2v) is 2.45. The van der Waals surface area contributed by atoms with Crippen LogP contribution in [0.25, 0.3) is 0 Å². The zero-order valence-corrected chi connectivity index (χ0v) is 6.55. The lowest BCUT2D eigenvalue weighted by atomic mass is 10.1. The Bertz CT molecular complexity index is 346. The Labute approximate surface area is 75.2 Å². The number of halogens is 6. The summed E-state index contributed by atoms with van der Waals surface area (Å²) >= 11 is 0. The van der Waals surface area contributed by atoms with Crippen molar-refractivity contribution >= 4 is 0 Å². The minimum absolute atomic E-state index is 1.17. The molecule has 0 heterocycles. The largest absolute Gasteiger partial charge is 0.242 e. The first kappa shape index (κ1) is 10.9. The molecule has 0 aliphatic heterocycles. The smallest absolute Gasteiger partial charge is 0.210 e. The van der Waals surface area contributed by atoms with Crippen LogP contribution in [-0.2, 0) is 6.42 Å². The number of alkyl halides is 2. The molecule has 1 radical (unpaired) electrons. The van der Waals surface area contributed by atoms with Crippen LogP contribution in [0, 0.1) is 29.3 Å². The molecule has 0 amide bonds. The van der Waals surface area contributed by atoms with E-state index in [-0.39, 0.29) is 0 Å². The number of benzene rings is 1. The Kier molecular flexibility index (Phi) is 3.03. The summed E-state index contributed by atoms with van der Waals surface area (Å²) < 4.78 is 73.5. The van der Waals surface area contributed by atoms with Gasteiger partial charge >= 0.3 is 0 Å². The third-order valence-corrected chi connectivity index (χ3v) is 1.49.